The Labute approximate surface area is 73.9 Å². The second kappa shape index (κ2) is 3.13. The van der Waals surface area contributed by atoms with Crippen LogP contribution in [0.1, 0.15) is 12.2 Å². The summed E-state index contributed by atoms with van der Waals surface area (Å²) in [6.45, 7) is -3.18. The van der Waals surface area contributed by atoms with Gasteiger partial charge in [-0.05, 0) is 0 Å². The first kappa shape index (κ1) is 10.2. The van der Waals surface area contributed by atoms with Crippen LogP contribution < -0.4 is 0 Å². The van der Waals surface area contributed by atoms with Gasteiger partial charge in [0.1, 0.15) is 5.15 Å². The molecule has 0 aliphatic carbocycles. The summed E-state index contributed by atoms with van der Waals surface area (Å²) >= 11 is 5.07. The maximum absolute atomic E-state index is 11.9. The van der Waals surface area contributed by atoms with E-state index in [1.54, 1.807) is 0 Å². The fraction of sp³-hybridized carbons (Fsp3) is 0.400. The van der Waals surface area contributed by atoms with E-state index in [1.807, 2.05) is 0 Å². The molecular formula is C5H2ClF5N2. The van der Waals surface area contributed by atoms with Crippen molar-refractivity contribution >= 4 is 11.6 Å². The zero-order valence-corrected chi connectivity index (χ0v) is 6.57. The van der Waals surface area contributed by atoms with E-state index < -0.39 is 23.6 Å². The van der Waals surface area contributed by atoms with Gasteiger partial charge in [-0.1, -0.05) is 11.6 Å². The number of halogens is 6. The molecule has 13 heavy (non-hydrogen) atoms. The van der Waals surface area contributed by atoms with Gasteiger partial charge in [0, 0.05) is 6.07 Å². The van der Waals surface area contributed by atoms with Crippen LogP contribution in [-0.4, -0.2) is 9.78 Å². The summed E-state index contributed by atoms with van der Waals surface area (Å²) in [5.74, 6) is 0. The molecule has 0 fully saturated rings. The monoisotopic (exact) mass is 220 g/mol. The Morgan fingerprint density at radius 2 is 1.92 bits per heavy atom. The molecule has 0 aliphatic heterocycles. The molecule has 2 nitrogen and oxygen atoms in total. The number of hydrogen-bond donors (Lipinski definition) is 0. The molecule has 1 aromatic heterocycles. The van der Waals surface area contributed by atoms with Crippen LogP contribution in [0.15, 0.2) is 6.07 Å². The van der Waals surface area contributed by atoms with Crippen LogP contribution in [0.3, 0.4) is 0 Å². The van der Waals surface area contributed by atoms with Crippen LogP contribution in [-0.2, 0) is 6.18 Å². The third kappa shape index (κ3) is 2.09. The number of aromatic nitrogens is 2. The average Bonchev–Trinajstić information content (AvgIpc) is 2.29. The third-order valence-corrected chi connectivity index (χ3v) is 1.45. The van der Waals surface area contributed by atoms with E-state index in [9.17, 15) is 22.0 Å². The zero-order valence-electron chi connectivity index (χ0n) is 5.82. The van der Waals surface area contributed by atoms with Crippen molar-refractivity contribution in [3.63, 3.8) is 0 Å². The van der Waals surface area contributed by atoms with E-state index in [1.165, 1.54) is 0 Å². The van der Waals surface area contributed by atoms with Crippen LogP contribution in [0.25, 0.3) is 0 Å². The van der Waals surface area contributed by atoms with Crippen molar-refractivity contribution in [1.82, 2.24) is 9.78 Å². The molecule has 0 aromatic carbocycles. The van der Waals surface area contributed by atoms with E-state index in [4.69, 9.17) is 11.6 Å². The molecule has 0 saturated heterocycles. The molecule has 1 aromatic rings. The molecule has 0 radical (unpaired) electrons. The topological polar surface area (TPSA) is 17.8 Å². The molecule has 0 saturated carbocycles. The molecule has 0 spiro atoms. The molecule has 8 heteroatoms. The summed E-state index contributed by atoms with van der Waals surface area (Å²) in [7, 11) is 0. The lowest BCUT2D eigenvalue weighted by Crippen LogP contribution is -2.08. The fourth-order valence-electron chi connectivity index (χ4n) is 0.647. The first-order chi connectivity index (χ1) is 5.82. The van der Waals surface area contributed by atoms with Crippen molar-refractivity contribution in [1.29, 1.82) is 0 Å². The van der Waals surface area contributed by atoms with Gasteiger partial charge in [0.05, 0.1) is 0 Å². The van der Waals surface area contributed by atoms with E-state index in [0.29, 0.717) is 6.07 Å². The van der Waals surface area contributed by atoms with Gasteiger partial charge < -0.3 is 0 Å². The summed E-state index contributed by atoms with van der Waals surface area (Å²) < 4.78 is 59.1. The average molecular weight is 221 g/mol. The lowest BCUT2D eigenvalue weighted by Gasteiger charge is -2.01. The predicted octanol–water partition coefficient (Wildman–Crippen LogP) is 2.95. The van der Waals surface area contributed by atoms with Gasteiger partial charge in [-0.3, -0.25) is 0 Å². The van der Waals surface area contributed by atoms with Gasteiger partial charge in [0.25, 0.3) is 0 Å². The quantitative estimate of drug-likeness (QED) is 0.666. The third-order valence-electron chi connectivity index (χ3n) is 1.17. The molecule has 0 atom stereocenters. The first-order valence-electron chi connectivity index (χ1n) is 2.93. The highest BCUT2D eigenvalue weighted by Crippen LogP contribution is 2.31. The molecule has 0 N–H and O–H groups in total. The lowest BCUT2D eigenvalue weighted by molar-refractivity contribution is -0.142. The largest absolute Gasteiger partial charge is 0.435 e. The van der Waals surface area contributed by atoms with Gasteiger partial charge >= 0.3 is 12.7 Å². The first-order valence-corrected chi connectivity index (χ1v) is 3.30. The summed E-state index contributed by atoms with van der Waals surface area (Å²) in [6, 6.07) is 0.341. The fourth-order valence-corrected chi connectivity index (χ4v) is 0.862. The normalized spacial score (nSPS) is 12.5. The van der Waals surface area contributed by atoms with Crippen LogP contribution >= 0.6 is 11.6 Å². The van der Waals surface area contributed by atoms with Gasteiger partial charge in [0.15, 0.2) is 5.69 Å². The van der Waals surface area contributed by atoms with Gasteiger partial charge in [-0.25, -0.2) is 0 Å². The Hall–Kier alpha value is -0.850. The minimum Gasteiger partial charge on any atom is -0.192 e. The Morgan fingerprint density at radius 1 is 1.38 bits per heavy atom. The van der Waals surface area contributed by atoms with E-state index >= 15 is 0 Å². The van der Waals surface area contributed by atoms with Crippen LogP contribution in [0.4, 0.5) is 22.0 Å². The summed E-state index contributed by atoms with van der Waals surface area (Å²) in [4.78, 5) is 0. The highest BCUT2D eigenvalue weighted by Gasteiger charge is 2.35. The Bertz CT molecular complexity index is 304. The standard InChI is InChI=1S/C5H2ClF5N2/c6-3-1-2(5(9,10)11)12-13(3)4(7)8/h1,4H. The minimum atomic E-state index is -4.76. The molecule has 0 aliphatic rings. The highest BCUT2D eigenvalue weighted by molar-refractivity contribution is 6.29. The van der Waals surface area contributed by atoms with Crippen molar-refractivity contribution in [2.75, 3.05) is 0 Å². The second-order valence-electron chi connectivity index (χ2n) is 2.07. The number of alkyl halides is 5. The highest BCUT2D eigenvalue weighted by atomic mass is 35.5. The molecule has 0 bridgehead atoms. The Balaban J connectivity index is 3.10. The van der Waals surface area contributed by atoms with Crippen LogP contribution in [0, 0.1) is 0 Å². The summed E-state index contributed by atoms with van der Waals surface area (Å²) in [6.07, 6.45) is -4.76. The van der Waals surface area contributed by atoms with Crippen molar-refractivity contribution in [3.05, 3.63) is 16.9 Å². The van der Waals surface area contributed by atoms with Crippen molar-refractivity contribution < 1.29 is 22.0 Å². The SMILES string of the molecule is FC(F)n1nc(C(F)(F)F)cc1Cl. The molecule has 1 heterocycles. The van der Waals surface area contributed by atoms with Gasteiger partial charge in [-0.2, -0.15) is 31.7 Å². The number of nitrogens with zero attached hydrogens (tertiary/aromatic N) is 2. The zero-order chi connectivity index (χ0) is 10.2. The van der Waals surface area contributed by atoms with Gasteiger partial charge in [0.2, 0.25) is 0 Å². The van der Waals surface area contributed by atoms with E-state index in [-0.39, 0.29) is 4.68 Å². The Morgan fingerprint density at radius 3 is 2.15 bits per heavy atom. The molecule has 0 amide bonds. The predicted molar refractivity (Wildman–Crippen MR) is 33.5 cm³/mol. The molecular weight excluding hydrogens is 219 g/mol. The summed E-state index contributed by atoms with van der Waals surface area (Å²) in [5.41, 5.74) is -1.43. The molecule has 74 valence electrons. The maximum atomic E-state index is 11.9. The smallest absolute Gasteiger partial charge is 0.192 e. The van der Waals surface area contributed by atoms with Crippen LogP contribution in [0.5, 0.6) is 0 Å². The second-order valence-corrected chi connectivity index (χ2v) is 2.46. The molecule has 1 rings (SSSR count). The lowest BCUT2D eigenvalue weighted by atomic mass is 10.4. The van der Waals surface area contributed by atoms with Crippen molar-refractivity contribution in [2.24, 2.45) is 0 Å². The number of rotatable bonds is 1. The minimum absolute atomic E-state index is 0.204. The van der Waals surface area contributed by atoms with Crippen LogP contribution in [0.2, 0.25) is 5.15 Å². The Kier molecular flexibility index (Phi) is 2.47. The van der Waals surface area contributed by atoms with Crippen molar-refractivity contribution in [2.45, 2.75) is 12.7 Å². The van der Waals surface area contributed by atoms with Gasteiger partial charge in [-0.15, -0.1) is 0 Å². The number of hydrogen-bond acceptors (Lipinski definition) is 1. The molecule has 0 unspecified atom stereocenters. The van der Waals surface area contributed by atoms with E-state index in [2.05, 4.69) is 5.10 Å². The summed E-state index contributed by atoms with van der Waals surface area (Å²) in [5, 5.41) is 1.84. The maximum Gasteiger partial charge on any atom is 0.435 e. The van der Waals surface area contributed by atoms with Crippen molar-refractivity contribution in [3.8, 4) is 0 Å². The van der Waals surface area contributed by atoms with E-state index in [0.717, 1.165) is 0 Å².